The van der Waals surface area contributed by atoms with Gasteiger partial charge >= 0.3 is 0 Å². The Kier molecular flexibility index (Phi) is 18.0. The Bertz CT molecular complexity index is 693. The molecule has 27 heavy (non-hydrogen) atoms. The van der Waals surface area contributed by atoms with E-state index < -0.39 is 12.0 Å². The van der Waals surface area contributed by atoms with Gasteiger partial charge in [0, 0.05) is 31.9 Å². The van der Waals surface area contributed by atoms with Crippen molar-refractivity contribution in [2.45, 2.75) is 26.3 Å². The van der Waals surface area contributed by atoms with Gasteiger partial charge < -0.3 is 30.7 Å². The molecule has 2 aromatic carbocycles. The van der Waals surface area contributed by atoms with Gasteiger partial charge in [-0.3, -0.25) is 4.99 Å². The number of nitrogens with zero attached hydrogens (tertiary/aromatic N) is 1. The predicted molar refractivity (Wildman–Crippen MR) is 94.0 cm³/mol. The summed E-state index contributed by atoms with van der Waals surface area (Å²) < 4.78 is 0. The van der Waals surface area contributed by atoms with E-state index in [-0.39, 0.29) is 35.7 Å². The maximum absolute atomic E-state index is 12.0. The van der Waals surface area contributed by atoms with E-state index >= 15 is 0 Å². The second-order valence-corrected chi connectivity index (χ2v) is 5.13. The Hall–Kier alpha value is -1.90. The van der Waals surface area contributed by atoms with Gasteiger partial charge in [0.05, 0.1) is 12.0 Å². The minimum Gasteiger partial charge on any atom is -2.00 e. The second kappa shape index (κ2) is 16.3. The Morgan fingerprint density at radius 2 is 1.74 bits per heavy atom. The number of aliphatic hydroxyl groups excluding tert-OH is 1. The number of carboxylic acid groups (broad SMARTS) is 1. The normalized spacial score (nSPS) is 11.6. The molecule has 8 heteroatoms. The number of hydrogen-bond acceptors (Lipinski definition) is 6. The number of hydrogen-bond donors (Lipinski definition) is 1. The number of carbonyl (C=O) groups excluding carboxylic acids is 1. The first-order chi connectivity index (χ1) is 12.0. The van der Waals surface area contributed by atoms with Crippen molar-refractivity contribution in [2.24, 2.45) is 10.9 Å². The Balaban J connectivity index is -0.000000899. The summed E-state index contributed by atoms with van der Waals surface area (Å²) in [6.07, 6.45) is 2.05. The van der Waals surface area contributed by atoms with Crippen LogP contribution in [0.3, 0.4) is 0 Å². The molecule has 0 aromatic heterocycles. The molecule has 0 aliphatic heterocycles. The van der Waals surface area contributed by atoms with Crippen LogP contribution in [-0.2, 0) is 28.8 Å². The number of carbonyl (C=O) groups is 1. The van der Waals surface area contributed by atoms with Crippen LogP contribution in [0, 0.1) is 5.92 Å². The fraction of sp³-hybridized carbons (Fsp3) is 0.368. The molecule has 0 saturated heterocycles. The Morgan fingerprint density at radius 1 is 1.19 bits per heavy atom. The average molecular weight is 413 g/mol. The molecule has 2 aromatic rings. The van der Waals surface area contributed by atoms with Gasteiger partial charge in [0.15, 0.2) is 0 Å². The van der Waals surface area contributed by atoms with E-state index in [2.05, 4.69) is 4.99 Å². The van der Waals surface area contributed by atoms with Gasteiger partial charge in [-0.25, -0.2) is 0 Å². The molecule has 0 unspecified atom stereocenters. The van der Waals surface area contributed by atoms with E-state index in [0.717, 1.165) is 25.0 Å². The smallest absolute Gasteiger partial charge is 0.0918 e. The van der Waals surface area contributed by atoms with Gasteiger partial charge in [0.25, 0.3) is 0 Å². The summed E-state index contributed by atoms with van der Waals surface area (Å²) in [7, 11) is 1.75. The summed E-state index contributed by atoms with van der Waals surface area (Å²) in [5.74, 6) is -1.52. The maximum atomic E-state index is 12.0. The zero-order chi connectivity index (χ0) is 19.4. The molecule has 1 radical (unpaired) electrons. The minimum atomic E-state index is -1.21. The van der Waals surface area contributed by atoms with E-state index in [0.29, 0.717) is 12.0 Å². The zero-order valence-corrected chi connectivity index (χ0v) is 17.2. The molecule has 0 spiro atoms. The van der Waals surface area contributed by atoms with Crippen LogP contribution in [0.1, 0.15) is 25.8 Å². The number of aliphatic hydroxyl groups is 1. The van der Waals surface area contributed by atoms with E-state index in [1.807, 2.05) is 31.2 Å². The number of carboxylic acids is 1. The maximum Gasteiger partial charge on any atom is 0.0918 e. The molecular formula is C19H24NO6V-5. The minimum absolute atomic E-state index is 0. The number of rotatable bonds is 5. The fourth-order valence-corrected chi connectivity index (χ4v) is 2.23. The van der Waals surface area contributed by atoms with Crippen LogP contribution in [-0.4, -0.2) is 37.6 Å². The van der Waals surface area contributed by atoms with E-state index in [1.165, 1.54) is 12.3 Å². The summed E-state index contributed by atoms with van der Waals surface area (Å²) in [6, 6.07) is 9.74. The molecule has 151 valence electrons. The first kappa shape index (κ1) is 29.9. The standard InChI is InChI=1S/C17H19NO3.CH4O.CH3O.O.V/c1-3-11(2)16(17(20)21)18-10-14-13-7-5-4-6-12(13)8-9-15(14)19;2*1-2;;/h4-11,16,19H,3H2,1-2H3,(H,20,21);2H,1H3;1H3;;/q;;-1;-2;/p-2/t11-,16-;;;;/m0..../s1. The zero-order valence-electron chi connectivity index (χ0n) is 15.8. The summed E-state index contributed by atoms with van der Waals surface area (Å²) >= 11 is 0. The van der Waals surface area contributed by atoms with Crippen LogP contribution in [0.25, 0.3) is 10.8 Å². The van der Waals surface area contributed by atoms with Crippen molar-refractivity contribution in [3.63, 3.8) is 0 Å². The van der Waals surface area contributed by atoms with Crippen molar-refractivity contribution in [2.75, 3.05) is 14.2 Å². The largest absolute Gasteiger partial charge is 2.00 e. The van der Waals surface area contributed by atoms with Gasteiger partial charge in [0.1, 0.15) is 0 Å². The van der Waals surface area contributed by atoms with Crippen molar-refractivity contribution < 1.29 is 49.3 Å². The molecular weight excluding hydrogens is 389 g/mol. The SMILES string of the molecule is CC[C@H](C)[C@H](N=Cc1c([O-])ccc2ccccc12)C(=O)[O-].CO.C[O-].[O-2].[V]. The van der Waals surface area contributed by atoms with Crippen molar-refractivity contribution >= 4 is 23.0 Å². The van der Waals surface area contributed by atoms with Crippen molar-refractivity contribution in [1.82, 2.24) is 0 Å². The third-order valence-electron chi connectivity index (χ3n) is 3.72. The summed E-state index contributed by atoms with van der Waals surface area (Å²) in [6.45, 7) is 3.70. The van der Waals surface area contributed by atoms with Crippen LogP contribution >= 0.6 is 0 Å². The molecule has 0 fully saturated rings. The number of benzene rings is 2. The quantitative estimate of drug-likeness (QED) is 0.683. The average Bonchev–Trinajstić information content (AvgIpc) is 2.66. The Morgan fingerprint density at radius 3 is 2.26 bits per heavy atom. The fourth-order valence-electron chi connectivity index (χ4n) is 2.23. The van der Waals surface area contributed by atoms with Gasteiger partial charge in [-0.2, -0.15) is 7.11 Å². The summed E-state index contributed by atoms with van der Waals surface area (Å²) in [5.41, 5.74) is 0.419. The van der Waals surface area contributed by atoms with Crippen LogP contribution in [0.15, 0.2) is 41.4 Å². The van der Waals surface area contributed by atoms with E-state index in [4.69, 9.17) is 10.2 Å². The van der Waals surface area contributed by atoms with Crippen LogP contribution in [0.5, 0.6) is 5.75 Å². The summed E-state index contributed by atoms with van der Waals surface area (Å²) in [4.78, 5) is 15.3. The summed E-state index contributed by atoms with van der Waals surface area (Å²) in [5, 5.41) is 40.1. The van der Waals surface area contributed by atoms with Crippen LogP contribution < -0.4 is 15.3 Å². The van der Waals surface area contributed by atoms with Gasteiger partial charge in [-0.15, -0.1) is 0 Å². The third kappa shape index (κ3) is 8.55. The molecule has 2 rings (SSSR count). The molecule has 0 heterocycles. The van der Waals surface area contributed by atoms with Crippen molar-refractivity contribution in [1.29, 1.82) is 0 Å². The Labute approximate surface area is 171 Å². The van der Waals surface area contributed by atoms with Gasteiger partial charge in [-0.05, 0) is 22.3 Å². The number of fused-ring (bicyclic) bond motifs is 1. The molecule has 7 nitrogen and oxygen atoms in total. The van der Waals surface area contributed by atoms with E-state index in [1.54, 1.807) is 13.0 Å². The predicted octanol–water partition coefficient (Wildman–Crippen LogP) is -0.0394. The molecule has 0 saturated carbocycles. The third-order valence-corrected chi connectivity index (χ3v) is 3.72. The topological polar surface area (TPSA) is 147 Å². The second-order valence-electron chi connectivity index (χ2n) is 5.13. The molecule has 1 N–H and O–H groups in total. The first-order valence-electron chi connectivity index (χ1n) is 7.83. The van der Waals surface area contributed by atoms with E-state index in [9.17, 15) is 15.0 Å². The first-order valence-corrected chi connectivity index (χ1v) is 7.83. The molecule has 2 atom stereocenters. The monoisotopic (exact) mass is 413 g/mol. The molecule has 0 amide bonds. The molecule has 0 aliphatic carbocycles. The van der Waals surface area contributed by atoms with Crippen LogP contribution in [0.2, 0.25) is 0 Å². The molecule has 0 aliphatic rings. The van der Waals surface area contributed by atoms with Gasteiger partial charge in [-0.1, -0.05) is 62.4 Å². The van der Waals surface area contributed by atoms with Gasteiger partial charge in [0.2, 0.25) is 0 Å². The molecule has 0 bridgehead atoms. The van der Waals surface area contributed by atoms with Crippen molar-refractivity contribution in [3.05, 3.63) is 42.0 Å². The van der Waals surface area contributed by atoms with Crippen LogP contribution in [0.4, 0.5) is 0 Å². The number of aliphatic carboxylic acids is 1. The van der Waals surface area contributed by atoms with Crippen molar-refractivity contribution in [3.8, 4) is 5.75 Å². The number of aliphatic imine (C=N–C) groups is 1.